The molecule has 0 amide bonds. The molecule has 0 saturated carbocycles. The number of rotatable bonds is 8. The summed E-state index contributed by atoms with van der Waals surface area (Å²) in [6.07, 6.45) is 0.893. The van der Waals surface area contributed by atoms with E-state index in [1.807, 2.05) is 19.1 Å². The molecule has 0 radical (unpaired) electrons. The first kappa shape index (κ1) is 22.3. The Labute approximate surface area is 196 Å². The minimum Gasteiger partial charge on any atom is -0.378 e. The minimum absolute atomic E-state index is 0.0236. The van der Waals surface area contributed by atoms with Crippen LogP contribution < -0.4 is 10.6 Å². The van der Waals surface area contributed by atoms with Crippen LogP contribution in [0.5, 0.6) is 0 Å². The number of hydrogen-bond acceptors (Lipinski definition) is 3. The summed E-state index contributed by atoms with van der Waals surface area (Å²) in [7, 11) is 0. The highest BCUT2D eigenvalue weighted by molar-refractivity contribution is 7.80. The Balaban J connectivity index is 1.51. The Morgan fingerprint density at radius 2 is 1.59 bits per heavy atom. The quantitative estimate of drug-likeness (QED) is 0.442. The maximum Gasteiger partial charge on any atom is 0.171 e. The lowest BCUT2D eigenvalue weighted by molar-refractivity contribution is 0.00160. The molecule has 1 aliphatic rings. The molecule has 0 aromatic heterocycles. The number of para-hydroxylation sites is 1. The molecule has 0 bridgehead atoms. The Bertz CT molecular complexity index is 968. The van der Waals surface area contributed by atoms with Crippen molar-refractivity contribution in [3.05, 3.63) is 102 Å². The first-order valence-electron chi connectivity index (χ1n) is 11.3. The molecule has 32 heavy (non-hydrogen) atoms. The highest BCUT2D eigenvalue weighted by atomic mass is 32.1. The normalized spacial score (nSPS) is 18.8. The van der Waals surface area contributed by atoms with E-state index < -0.39 is 0 Å². The number of nitrogens with one attached hydrogen (secondary N) is 2. The van der Waals surface area contributed by atoms with E-state index in [0.29, 0.717) is 19.1 Å². The number of benzene rings is 3. The number of likely N-dealkylation sites (tertiary alicyclic amines) is 1. The van der Waals surface area contributed by atoms with E-state index in [4.69, 9.17) is 17.0 Å². The van der Waals surface area contributed by atoms with Crippen molar-refractivity contribution in [2.75, 3.05) is 18.5 Å². The predicted molar refractivity (Wildman–Crippen MR) is 135 cm³/mol. The molecule has 2 N–H and O–H groups in total. The lowest BCUT2D eigenvalue weighted by Gasteiger charge is -2.28. The van der Waals surface area contributed by atoms with Gasteiger partial charge in [-0.2, -0.15) is 0 Å². The number of ether oxygens (including phenoxy) is 1. The third-order valence-electron chi connectivity index (χ3n) is 5.92. The molecular weight excluding hydrogens is 414 g/mol. The number of nitrogens with zero attached hydrogens (tertiary/aromatic N) is 1. The van der Waals surface area contributed by atoms with Gasteiger partial charge in [-0.15, -0.1) is 0 Å². The van der Waals surface area contributed by atoms with Crippen LogP contribution in [0.3, 0.4) is 0 Å². The predicted octanol–water partition coefficient (Wildman–Crippen LogP) is 5.60. The van der Waals surface area contributed by atoms with Crippen molar-refractivity contribution in [3.8, 4) is 0 Å². The number of hydrogen-bond donors (Lipinski definition) is 2. The van der Waals surface area contributed by atoms with Gasteiger partial charge in [0.25, 0.3) is 0 Å². The molecule has 5 heteroatoms. The molecule has 166 valence electrons. The second-order valence-corrected chi connectivity index (χ2v) is 8.49. The Kier molecular flexibility index (Phi) is 7.75. The molecule has 3 aromatic rings. The molecule has 1 heterocycles. The largest absolute Gasteiger partial charge is 0.378 e. The fraction of sp³-hybridized carbons (Fsp3) is 0.296. The van der Waals surface area contributed by atoms with Crippen LogP contribution in [0.4, 0.5) is 5.69 Å². The van der Waals surface area contributed by atoms with Gasteiger partial charge in [0.1, 0.15) is 6.23 Å². The van der Waals surface area contributed by atoms with E-state index in [0.717, 1.165) is 23.8 Å². The smallest absolute Gasteiger partial charge is 0.171 e. The van der Waals surface area contributed by atoms with Gasteiger partial charge in [-0.1, -0.05) is 78.9 Å². The van der Waals surface area contributed by atoms with Crippen molar-refractivity contribution in [1.29, 1.82) is 0 Å². The average Bonchev–Trinajstić information content (AvgIpc) is 3.27. The van der Waals surface area contributed by atoms with Gasteiger partial charge in [0.05, 0.1) is 6.04 Å². The van der Waals surface area contributed by atoms with Gasteiger partial charge in [-0.05, 0) is 48.8 Å². The molecule has 0 spiro atoms. The van der Waals surface area contributed by atoms with Crippen molar-refractivity contribution in [3.63, 3.8) is 0 Å². The van der Waals surface area contributed by atoms with Crippen LogP contribution in [-0.2, 0) is 11.3 Å². The molecule has 4 rings (SSSR count). The van der Waals surface area contributed by atoms with Gasteiger partial charge in [-0.3, -0.25) is 0 Å². The standard InChI is InChI=1S/C27H31N3OS/c1-2-31-25-18-23(20-30(25)27(32)28-19-21-12-6-3-7-13-21)26(22-14-8-4-9-15-22)29-24-16-10-5-11-17-24/h3-17,23,25-26,29H,2,18-20H2,1H3,(H,28,32)/t23-,25?,26-/m1/s1. The minimum atomic E-state index is -0.0236. The highest BCUT2D eigenvalue weighted by Crippen LogP contribution is 2.36. The van der Waals surface area contributed by atoms with Crippen molar-refractivity contribution in [1.82, 2.24) is 10.2 Å². The summed E-state index contributed by atoms with van der Waals surface area (Å²) < 4.78 is 6.13. The van der Waals surface area contributed by atoms with Crippen molar-refractivity contribution >= 4 is 23.0 Å². The van der Waals surface area contributed by atoms with Crippen LogP contribution in [0.15, 0.2) is 91.0 Å². The molecule has 3 aromatic carbocycles. The van der Waals surface area contributed by atoms with E-state index in [1.54, 1.807) is 0 Å². The van der Waals surface area contributed by atoms with Gasteiger partial charge in [-0.25, -0.2) is 0 Å². The number of anilines is 1. The third kappa shape index (κ3) is 5.67. The zero-order valence-corrected chi connectivity index (χ0v) is 19.3. The second kappa shape index (κ2) is 11.1. The Morgan fingerprint density at radius 3 is 2.25 bits per heavy atom. The van der Waals surface area contributed by atoms with Crippen LogP contribution in [-0.4, -0.2) is 29.4 Å². The fourth-order valence-electron chi connectivity index (χ4n) is 4.36. The van der Waals surface area contributed by atoms with Crippen molar-refractivity contribution in [2.24, 2.45) is 5.92 Å². The van der Waals surface area contributed by atoms with Crippen molar-refractivity contribution < 1.29 is 4.74 Å². The SMILES string of the molecule is CCOC1C[C@@H]([C@H](Nc2ccccc2)c2ccccc2)CN1C(=S)NCc1ccccc1. The molecule has 1 saturated heterocycles. The molecule has 3 atom stereocenters. The van der Waals surface area contributed by atoms with E-state index in [2.05, 4.69) is 94.4 Å². The fourth-order valence-corrected chi connectivity index (χ4v) is 4.62. The van der Waals surface area contributed by atoms with Gasteiger partial charge in [0.15, 0.2) is 5.11 Å². The van der Waals surface area contributed by atoms with Crippen LogP contribution in [0.2, 0.25) is 0 Å². The van der Waals surface area contributed by atoms with Crippen LogP contribution in [0.25, 0.3) is 0 Å². The molecular formula is C27H31N3OS. The summed E-state index contributed by atoms with van der Waals surface area (Å²) in [5.41, 5.74) is 3.62. The van der Waals surface area contributed by atoms with Crippen LogP contribution in [0.1, 0.15) is 30.5 Å². The number of thiocarbonyl (C=S) groups is 1. The first-order chi connectivity index (χ1) is 15.7. The molecule has 1 aliphatic heterocycles. The maximum atomic E-state index is 6.13. The van der Waals surface area contributed by atoms with Gasteiger partial charge in [0, 0.05) is 31.3 Å². The molecule has 0 aliphatic carbocycles. The van der Waals surface area contributed by atoms with E-state index in [-0.39, 0.29) is 12.3 Å². The molecule has 4 nitrogen and oxygen atoms in total. The van der Waals surface area contributed by atoms with E-state index in [1.165, 1.54) is 11.1 Å². The van der Waals surface area contributed by atoms with Gasteiger partial charge >= 0.3 is 0 Å². The first-order valence-corrected chi connectivity index (χ1v) is 11.7. The summed E-state index contributed by atoms with van der Waals surface area (Å²) >= 11 is 5.80. The lowest BCUT2D eigenvalue weighted by atomic mass is 9.91. The highest BCUT2D eigenvalue weighted by Gasteiger charge is 2.38. The van der Waals surface area contributed by atoms with E-state index in [9.17, 15) is 0 Å². The maximum absolute atomic E-state index is 6.13. The van der Waals surface area contributed by atoms with Crippen molar-refractivity contribution in [2.45, 2.75) is 32.2 Å². The topological polar surface area (TPSA) is 36.5 Å². The summed E-state index contributed by atoms with van der Waals surface area (Å²) in [6, 6.07) is 31.6. The zero-order chi connectivity index (χ0) is 22.2. The Hall–Kier alpha value is -2.89. The van der Waals surface area contributed by atoms with Gasteiger partial charge < -0.3 is 20.3 Å². The van der Waals surface area contributed by atoms with Gasteiger partial charge in [0.2, 0.25) is 0 Å². The van der Waals surface area contributed by atoms with Crippen LogP contribution >= 0.6 is 12.2 Å². The summed E-state index contributed by atoms with van der Waals surface area (Å²) in [5.74, 6) is 0.352. The third-order valence-corrected chi connectivity index (χ3v) is 6.29. The average molecular weight is 446 g/mol. The lowest BCUT2D eigenvalue weighted by Crippen LogP contribution is -2.43. The second-order valence-electron chi connectivity index (χ2n) is 8.10. The van der Waals surface area contributed by atoms with Crippen LogP contribution in [0, 0.1) is 5.92 Å². The molecule has 1 unspecified atom stereocenters. The summed E-state index contributed by atoms with van der Waals surface area (Å²) in [4.78, 5) is 2.22. The Morgan fingerprint density at radius 1 is 0.969 bits per heavy atom. The summed E-state index contributed by atoms with van der Waals surface area (Å²) in [6.45, 7) is 4.26. The summed E-state index contributed by atoms with van der Waals surface area (Å²) in [5, 5.41) is 7.96. The molecule has 1 fully saturated rings. The van der Waals surface area contributed by atoms with E-state index >= 15 is 0 Å². The zero-order valence-electron chi connectivity index (χ0n) is 18.5. The monoisotopic (exact) mass is 445 g/mol.